The fourth-order valence-corrected chi connectivity index (χ4v) is 4.31. The lowest BCUT2D eigenvalue weighted by atomic mass is 10.1. The van der Waals surface area contributed by atoms with Gasteiger partial charge >= 0.3 is 10.1 Å². The van der Waals surface area contributed by atoms with Crippen molar-refractivity contribution in [2.24, 2.45) is 5.10 Å². The number of benzene rings is 4. The molecule has 0 saturated heterocycles. The van der Waals surface area contributed by atoms with Gasteiger partial charge in [-0.1, -0.05) is 30.3 Å². The number of rotatable bonds is 7. The Morgan fingerprint density at radius 3 is 2.36 bits per heavy atom. The number of hydrogen-bond donors (Lipinski definition) is 2. The van der Waals surface area contributed by atoms with Crippen molar-refractivity contribution in [2.75, 3.05) is 0 Å². The molecule has 10 nitrogen and oxygen atoms in total. The zero-order valence-corrected chi connectivity index (χ0v) is 19.6. The molecule has 4 rings (SSSR count). The Morgan fingerprint density at radius 1 is 1.03 bits per heavy atom. The lowest BCUT2D eigenvalue weighted by Gasteiger charge is -2.08. The number of hydrazone groups is 1. The van der Waals surface area contributed by atoms with E-state index >= 15 is 0 Å². The number of amides is 1. The Labute approximate surface area is 205 Å². The number of nitro groups is 1. The lowest BCUT2D eigenvalue weighted by Crippen LogP contribution is -2.17. The number of nitrogens with one attached hydrogen (secondary N) is 1. The number of aryl methyl sites for hydroxylation is 1. The number of nitro benzene ring substituents is 1. The average molecular weight is 506 g/mol. The minimum Gasteiger partial charge on any atom is -0.507 e. The highest BCUT2D eigenvalue weighted by Gasteiger charge is 2.21. The molecule has 4 aromatic carbocycles. The minimum absolute atomic E-state index is 0.0134. The predicted molar refractivity (Wildman–Crippen MR) is 133 cm³/mol. The maximum Gasteiger partial charge on any atom is 0.339 e. The van der Waals surface area contributed by atoms with Gasteiger partial charge in [0.2, 0.25) is 0 Å². The second kappa shape index (κ2) is 9.84. The summed E-state index contributed by atoms with van der Waals surface area (Å²) in [6, 6.07) is 19.6. The fourth-order valence-electron chi connectivity index (χ4n) is 3.36. The molecule has 36 heavy (non-hydrogen) atoms. The predicted octanol–water partition coefficient (Wildman–Crippen LogP) is 4.29. The molecule has 0 aromatic heterocycles. The van der Waals surface area contributed by atoms with E-state index in [9.17, 15) is 28.4 Å². The molecule has 0 atom stereocenters. The summed E-state index contributed by atoms with van der Waals surface area (Å²) in [5.41, 5.74) is 2.92. The Balaban J connectivity index is 1.42. The molecular weight excluding hydrogens is 486 g/mol. The second-order valence-electron chi connectivity index (χ2n) is 7.73. The molecule has 0 heterocycles. The van der Waals surface area contributed by atoms with E-state index in [1.54, 1.807) is 6.07 Å². The van der Waals surface area contributed by atoms with E-state index in [1.165, 1.54) is 55.6 Å². The summed E-state index contributed by atoms with van der Waals surface area (Å²) in [6.45, 7) is 1.50. The van der Waals surface area contributed by atoms with Gasteiger partial charge in [0.05, 0.1) is 16.7 Å². The Kier molecular flexibility index (Phi) is 6.66. The summed E-state index contributed by atoms with van der Waals surface area (Å²) in [6.07, 6.45) is 1.33. The molecule has 0 aliphatic heterocycles. The molecule has 4 aromatic rings. The van der Waals surface area contributed by atoms with Crippen LogP contribution >= 0.6 is 0 Å². The highest BCUT2D eigenvalue weighted by atomic mass is 32.2. The van der Waals surface area contributed by atoms with E-state index in [-0.39, 0.29) is 27.6 Å². The molecule has 0 fully saturated rings. The van der Waals surface area contributed by atoms with Gasteiger partial charge in [-0.3, -0.25) is 14.9 Å². The SMILES string of the molecule is Cc1ccc(S(=O)(=O)Oc2ccc(C=NNC(=O)c3cc4ccccc4cc3O)cc2)cc1[N+](=O)[O-]. The normalized spacial score (nSPS) is 11.5. The quantitative estimate of drug-likeness (QED) is 0.165. The average Bonchev–Trinajstić information content (AvgIpc) is 2.84. The second-order valence-corrected chi connectivity index (χ2v) is 9.27. The van der Waals surface area contributed by atoms with Crippen LogP contribution < -0.4 is 9.61 Å². The molecule has 0 bridgehead atoms. The van der Waals surface area contributed by atoms with Crippen molar-refractivity contribution in [1.82, 2.24) is 5.43 Å². The summed E-state index contributed by atoms with van der Waals surface area (Å²) < 4.78 is 30.1. The van der Waals surface area contributed by atoms with E-state index in [2.05, 4.69) is 10.5 Å². The van der Waals surface area contributed by atoms with Crippen molar-refractivity contribution in [1.29, 1.82) is 0 Å². The van der Waals surface area contributed by atoms with E-state index in [0.29, 0.717) is 11.1 Å². The Bertz CT molecular complexity index is 1620. The third-order valence-electron chi connectivity index (χ3n) is 5.24. The van der Waals surface area contributed by atoms with Crippen LogP contribution in [-0.4, -0.2) is 30.6 Å². The zero-order valence-electron chi connectivity index (χ0n) is 18.8. The van der Waals surface area contributed by atoms with Crippen molar-refractivity contribution in [2.45, 2.75) is 11.8 Å². The number of nitrogens with zero attached hydrogens (tertiary/aromatic N) is 2. The van der Waals surface area contributed by atoms with Gasteiger partial charge in [-0.2, -0.15) is 13.5 Å². The summed E-state index contributed by atoms with van der Waals surface area (Å²) in [5.74, 6) is -0.795. The van der Waals surface area contributed by atoms with Crippen LogP contribution in [0.5, 0.6) is 11.5 Å². The van der Waals surface area contributed by atoms with Crippen LogP contribution in [-0.2, 0) is 10.1 Å². The number of carbonyl (C=O) groups is 1. The van der Waals surface area contributed by atoms with Gasteiger partial charge in [0.15, 0.2) is 0 Å². The monoisotopic (exact) mass is 505 g/mol. The number of carbonyl (C=O) groups excluding carboxylic acids is 1. The summed E-state index contributed by atoms with van der Waals surface area (Å²) in [7, 11) is -4.30. The van der Waals surface area contributed by atoms with Crippen LogP contribution in [0.2, 0.25) is 0 Å². The minimum atomic E-state index is -4.30. The first-order valence-electron chi connectivity index (χ1n) is 10.5. The number of fused-ring (bicyclic) bond motifs is 1. The van der Waals surface area contributed by atoms with Gasteiger partial charge in [-0.15, -0.1) is 0 Å². The van der Waals surface area contributed by atoms with E-state index in [0.717, 1.165) is 16.8 Å². The lowest BCUT2D eigenvalue weighted by molar-refractivity contribution is -0.385. The number of phenols is 1. The molecular formula is C25H19N3O7S. The van der Waals surface area contributed by atoms with Gasteiger partial charge in [-0.25, -0.2) is 5.43 Å². The van der Waals surface area contributed by atoms with Gasteiger partial charge in [0.1, 0.15) is 16.4 Å². The molecule has 11 heteroatoms. The topological polar surface area (TPSA) is 148 Å². The van der Waals surface area contributed by atoms with Gasteiger partial charge < -0.3 is 9.29 Å². The maximum absolute atomic E-state index is 12.5. The van der Waals surface area contributed by atoms with Crippen LogP contribution in [0.1, 0.15) is 21.5 Å². The number of aromatic hydroxyl groups is 1. The van der Waals surface area contributed by atoms with Crippen molar-refractivity contribution in [3.8, 4) is 11.5 Å². The van der Waals surface area contributed by atoms with Crippen LogP contribution in [0, 0.1) is 17.0 Å². The fraction of sp³-hybridized carbons (Fsp3) is 0.0400. The largest absolute Gasteiger partial charge is 0.507 e. The van der Waals surface area contributed by atoms with Crippen molar-refractivity contribution in [3.63, 3.8) is 0 Å². The van der Waals surface area contributed by atoms with Crippen LogP contribution in [0.25, 0.3) is 10.8 Å². The van der Waals surface area contributed by atoms with Crippen LogP contribution in [0.15, 0.2) is 88.9 Å². The number of phenolic OH excluding ortho intramolecular Hbond substituents is 1. The first kappa shape index (κ1) is 24.4. The zero-order chi connectivity index (χ0) is 25.9. The van der Waals surface area contributed by atoms with E-state index < -0.39 is 20.9 Å². The Morgan fingerprint density at radius 2 is 1.69 bits per heavy atom. The summed E-state index contributed by atoms with van der Waals surface area (Å²) >= 11 is 0. The summed E-state index contributed by atoms with van der Waals surface area (Å²) in [4.78, 5) is 22.5. The first-order valence-corrected chi connectivity index (χ1v) is 11.9. The molecule has 0 aliphatic rings. The highest BCUT2D eigenvalue weighted by molar-refractivity contribution is 7.87. The molecule has 0 aliphatic carbocycles. The van der Waals surface area contributed by atoms with Crippen LogP contribution in [0.3, 0.4) is 0 Å². The molecule has 0 saturated carbocycles. The molecule has 0 radical (unpaired) electrons. The first-order chi connectivity index (χ1) is 17.1. The van der Waals surface area contributed by atoms with Gasteiger partial charge in [0.25, 0.3) is 11.6 Å². The molecule has 0 unspecified atom stereocenters. The third-order valence-corrected chi connectivity index (χ3v) is 6.48. The summed E-state index contributed by atoms with van der Waals surface area (Å²) in [5, 5.41) is 26.7. The van der Waals surface area contributed by atoms with Gasteiger partial charge in [-0.05, 0) is 65.7 Å². The third kappa shape index (κ3) is 5.31. The molecule has 1 amide bonds. The standard InChI is InChI=1S/C25H19N3O7S/c1-16-6-11-21(14-23(16)28(31)32)36(33,34)35-20-9-7-17(8-10-20)15-26-27-25(30)22-12-18-4-2-3-5-19(18)13-24(22)29/h2-15,29H,1H3,(H,27,30). The number of hydrogen-bond acceptors (Lipinski definition) is 8. The van der Waals surface area contributed by atoms with Crippen molar-refractivity contribution < 1.29 is 27.4 Å². The highest BCUT2D eigenvalue weighted by Crippen LogP contribution is 2.26. The van der Waals surface area contributed by atoms with Crippen molar-refractivity contribution in [3.05, 3.63) is 106 Å². The molecule has 182 valence electrons. The molecule has 0 spiro atoms. The van der Waals surface area contributed by atoms with E-state index in [4.69, 9.17) is 4.18 Å². The van der Waals surface area contributed by atoms with E-state index in [1.807, 2.05) is 24.3 Å². The van der Waals surface area contributed by atoms with Gasteiger partial charge in [0, 0.05) is 11.6 Å². The van der Waals surface area contributed by atoms with Crippen LogP contribution in [0.4, 0.5) is 5.69 Å². The molecule has 2 N–H and O–H groups in total. The van der Waals surface area contributed by atoms with Crippen molar-refractivity contribution >= 4 is 38.7 Å². The smallest absolute Gasteiger partial charge is 0.339 e. The maximum atomic E-state index is 12.5. The Hall–Kier alpha value is -4.77.